The van der Waals surface area contributed by atoms with E-state index in [2.05, 4.69) is 4.74 Å². The molecule has 116 valence electrons. The molecule has 1 rings (SSSR count). The van der Waals surface area contributed by atoms with Crippen molar-refractivity contribution in [3.05, 3.63) is 34.3 Å². The van der Waals surface area contributed by atoms with E-state index in [1.807, 2.05) is 32.0 Å². The number of nitrogens with zero attached hydrogens (tertiary/aromatic N) is 1. The number of methoxy groups -OCH3 is 1. The lowest BCUT2D eigenvalue weighted by Crippen LogP contribution is -2.33. The van der Waals surface area contributed by atoms with Crippen molar-refractivity contribution >= 4 is 23.5 Å². The predicted molar refractivity (Wildman–Crippen MR) is 83.4 cm³/mol. The molecule has 0 atom stereocenters. The van der Waals surface area contributed by atoms with Gasteiger partial charge in [0.25, 0.3) is 0 Å². The molecular weight excluding hydrogens is 290 g/mol. The standard InChI is InChI=1S/C16H22ClNO3/c1-4-18(10-9-16(20)21-3)15(19)8-7-13-6-5-12(2)14(17)11-13/h5-6,11H,4,7-10H2,1-3H3. The van der Waals surface area contributed by atoms with Crippen LogP contribution < -0.4 is 0 Å². The number of ether oxygens (including phenoxy) is 1. The molecule has 0 spiro atoms. The van der Waals surface area contributed by atoms with Gasteiger partial charge in [0.15, 0.2) is 0 Å². The van der Waals surface area contributed by atoms with Crippen LogP contribution in [0.1, 0.15) is 30.9 Å². The Morgan fingerprint density at radius 2 is 2.00 bits per heavy atom. The molecule has 0 N–H and O–H groups in total. The highest BCUT2D eigenvalue weighted by molar-refractivity contribution is 6.31. The van der Waals surface area contributed by atoms with Gasteiger partial charge in [-0.3, -0.25) is 9.59 Å². The van der Waals surface area contributed by atoms with Gasteiger partial charge < -0.3 is 9.64 Å². The molecule has 0 aromatic heterocycles. The van der Waals surface area contributed by atoms with E-state index in [0.717, 1.165) is 16.1 Å². The van der Waals surface area contributed by atoms with Crippen LogP contribution in [0.25, 0.3) is 0 Å². The lowest BCUT2D eigenvalue weighted by Gasteiger charge is -2.20. The van der Waals surface area contributed by atoms with E-state index in [1.165, 1.54) is 7.11 Å². The molecule has 0 bridgehead atoms. The molecule has 0 unspecified atom stereocenters. The largest absolute Gasteiger partial charge is 0.469 e. The number of hydrogen-bond donors (Lipinski definition) is 0. The first kappa shape index (κ1) is 17.5. The van der Waals surface area contributed by atoms with Crippen LogP contribution >= 0.6 is 11.6 Å². The van der Waals surface area contributed by atoms with E-state index < -0.39 is 0 Å². The third-order valence-corrected chi connectivity index (χ3v) is 3.82. The van der Waals surface area contributed by atoms with E-state index in [-0.39, 0.29) is 18.3 Å². The molecule has 0 aliphatic carbocycles. The normalized spacial score (nSPS) is 10.3. The van der Waals surface area contributed by atoms with Crippen LogP contribution in [0.5, 0.6) is 0 Å². The summed E-state index contributed by atoms with van der Waals surface area (Å²) in [4.78, 5) is 24.9. The Labute approximate surface area is 131 Å². The van der Waals surface area contributed by atoms with Crippen LogP contribution in [0.4, 0.5) is 0 Å². The summed E-state index contributed by atoms with van der Waals surface area (Å²) in [7, 11) is 1.35. The smallest absolute Gasteiger partial charge is 0.307 e. The fourth-order valence-corrected chi connectivity index (χ4v) is 2.19. The van der Waals surface area contributed by atoms with Gasteiger partial charge in [-0.2, -0.15) is 0 Å². The van der Waals surface area contributed by atoms with Crippen LogP contribution in [0.3, 0.4) is 0 Å². The first-order valence-electron chi connectivity index (χ1n) is 7.07. The SMILES string of the molecule is CCN(CCC(=O)OC)C(=O)CCc1ccc(C)c(Cl)c1. The molecule has 0 fully saturated rings. The van der Waals surface area contributed by atoms with Crippen molar-refractivity contribution in [2.24, 2.45) is 0 Å². The van der Waals surface area contributed by atoms with Crippen molar-refractivity contribution in [2.45, 2.75) is 33.1 Å². The lowest BCUT2D eigenvalue weighted by atomic mass is 10.1. The topological polar surface area (TPSA) is 46.6 Å². The van der Waals surface area contributed by atoms with Crippen LogP contribution in [-0.4, -0.2) is 37.0 Å². The fourth-order valence-electron chi connectivity index (χ4n) is 1.99. The maximum atomic E-state index is 12.1. The quantitative estimate of drug-likeness (QED) is 0.727. The first-order chi connectivity index (χ1) is 9.97. The maximum Gasteiger partial charge on any atom is 0.307 e. The Morgan fingerprint density at radius 3 is 2.57 bits per heavy atom. The van der Waals surface area contributed by atoms with Gasteiger partial charge >= 0.3 is 5.97 Å². The van der Waals surface area contributed by atoms with Gasteiger partial charge in [-0.1, -0.05) is 23.7 Å². The zero-order valence-corrected chi connectivity index (χ0v) is 13.6. The lowest BCUT2D eigenvalue weighted by molar-refractivity contribution is -0.141. The number of carbonyl (C=O) groups excluding carboxylic acids is 2. The Kier molecular flexibility index (Phi) is 7.23. The molecule has 5 heteroatoms. The summed E-state index contributed by atoms with van der Waals surface area (Å²) in [5.74, 6) is -0.260. The van der Waals surface area contributed by atoms with Gasteiger partial charge in [0, 0.05) is 24.5 Å². The predicted octanol–water partition coefficient (Wildman–Crippen LogP) is 2.99. The number of aryl methyl sites for hydroxylation is 2. The number of benzene rings is 1. The number of carbonyl (C=O) groups is 2. The van der Waals surface area contributed by atoms with E-state index >= 15 is 0 Å². The van der Waals surface area contributed by atoms with Crippen LogP contribution in [0, 0.1) is 6.92 Å². The van der Waals surface area contributed by atoms with Gasteiger partial charge in [-0.15, -0.1) is 0 Å². The minimum Gasteiger partial charge on any atom is -0.469 e. The van der Waals surface area contributed by atoms with Crippen molar-refractivity contribution in [3.63, 3.8) is 0 Å². The van der Waals surface area contributed by atoms with E-state index in [4.69, 9.17) is 11.6 Å². The minimum absolute atomic E-state index is 0.0399. The van der Waals surface area contributed by atoms with Gasteiger partial charge in [0.2, 0.25) is 5.91 Å². The van der Waals surface area contributed by atoms with Gasteiger partial charge in [0.05, 0.1) is 13.5 Å². The van der Waals surface area contributed by atoms with Crippen molar-refractivity contribution in [2.75, 3.05) is 20.2 Å². The Bertz CT molecular complexity index is 502. The number of esters is 1. The third-order valence-electron chi connectivity index (χ3n) is 3.41. The average molecular weight is 312 g/mol. The zero-order chi connectivity index (χ0) is 15.8. The average Bonchev–Trinajstić information content (AvgIpc) is 2.48. The summed E-state index contributed by atoms with van der Waals surface area (Å²) < 4.78 is 4.59. The van der Waals surface area contributed by atoms with Crippen molar-refractivity contribution in [3.8, 4) is 0 Å². The second-order valence-corrected chi connectivity index (χ2v) is 5.29. The fraction of sp³-hybridized carbons (Fsp3) is 0.500. The van der Waals surface area contributed by atoms with Gasteiger partial charge in [-0.05, 0) is 37.5 Å². The van der Waals surface area contributed by atoms with E-state index in [9.17, 15) is 9.59 Å². The maximum absolute atomic E-state index is 12.1. The summed E-state index contributed by atoms with van der Waals surface area (Å²) in [5, 5.41) is 0.720. The summed E-state index contributed by atoms with van der Waals surface area (Å²) in [6.07, 6.45) is 1.29. The Balaban J connectivity index is 2.50. The highest BCUT2D eigenvalue weighted by Crippen LogP contribution is 2.17. The molecule has 1 aromatic carbocycles. The van der Waals surface area contributed by atoms with Crippen molar-refractivity contribution < 1.29 is 14.3 Å². The summed E-state index contributed by atoms with van der Waals surface area (Å²) in [5.41, 5.74) is 2.07. The second-order valence-electron chi connectivity index (χ2n) is 4.88. The first-order valence-corrected chi connectivity index (χ1v) is 7.45. The number of hydrogen-bond acceptors (Lipinski definition) is 3. The zero-order valence-electron chi connectivity index (χ0n) is 12.8. The van der Waals surface area contributed by atoms with E-state index in [0.29, 0.717) is 25.9 Å². The molecule has 0 aliphatic rings. The molecule has 4 nitrogen and oxygen atoms in total. The molecule has 1 aromatic rings. The van der Waals surface area contributed by atoms with Crippen LogP contribution in [0.15, 0.2) is 18.2 Å². The summed E-state index contributed by atoms with van der Waals surface area (Å²) in [6.45, 7) is 4.84. The second kappa shape index (κ2) is 8.67. The number of amides is 1. The molecular formula is C16H22ClNO3. The summed E-state index contributed by atoms with van der Waals surface area (Å²) >= 11 is 6.07. The number of rotatable bonds is 7. The van der Waals surface area contributed by atoms with Gasteiger partial charge in [-0.25, -0.2) is 0 Å². The minimum atomic E-state index is -0.299. The molecule has 0 saturated heterocycles. The Morgan fingerprint density at radius 1 is 1.29 bits per heavy atom. The molecule has 0 radical (unpaired) electrons. The van der Waals surface area contributed by atoms with Crippen molar-refractivity contribution in [1.82, 2.24) is 4.90 Å². The Hall–Kier alpha value is -1.55. The van der Waals surface area contributed by atoms with Gasteiger partial charge in [0.1, 0.15) is 0 Å². The number of halogens is 1. The van der Waals surface area contributed by atoms with E-state index in [1.54, 1.807) is 4.90 Å². The molecule has 1 amide bonds. The van der Waals surface area contributed by atoms with Crippen LogP contribution in [-0.2, 0) is 20.7 Å². The molecule has 21 heavy (non-hydrogen) atoms. The third kappa shape index (κ3) is 5.76. The highest BCUT2D eigenvalue weighted by atomic mass is 35.5. The molecule has 0 heterocycles. The highest BCUT2D eigenvalue weighted by Gasteiger charge is 2.13. The van der Waals surface area contributed by atoms with Crippen molar-refractivity contribution in [1.29, 1.82) is 0 Å². The van der Waals surface area contributed by atoms with Crippen LogP contribution in [0.2, 0.25) is 5.02 Å². The molecule has 0 aliphatic heterocycles. The summed E-state index contributed by atoms with van der Waals surface area (Å²) in [6, 6.07) is 5.84. The monoisotopic (exact) mass is 311 g/mol. The molecule has 0 saturated carbocycles.